The minimum atomic E-state index is -4.32. The van der Waals surface area contributed by atoms with Crippen LogP contribution in [0.5, 0.6) is 0 Å². The van der Waals surface area contributed by atoms with Gasteiger partial charge in [-0.25, -0.2) is 13.2 Å². The van der Waals surface area contributed by atoms with Crippen molar-refractivity contribution in [2.45, 2.75) is 50.2 Å². The third kappa shape index (κ3) is 6.37. The van der Waals surface area contributed by atoms with E-state index in [1.165, 1.54) is 16.4 Å². The smallest absolute Gasteiger partial charge is 0.334 e. The third-order valence-corrected chi connectivity index (χ3v) is 6.57. The molecule has 0 atom stereocenters. The zero-order valence-electron chi connectivity index (χ0n) is 15.8. The molecular formula is C18H26F3N3O3S. The standard InChI is InChI=1S/C18H26F3N3O3S/c1-2-23(13-10-18(19,20)21)17(25)22-14-15-6-8-16(9-7-15)28(26,27)24-11-4-3-5-12-24/h6-9H,2-5,10-14H2,1H3,(H,22,25). The summed E-state index contributed by atoms with van der Waals surface area (Å²) in [4.78, 5) is 13.3. The summed E-state index contributed by atoms with van der Waals surface area (Å²) in [7, 11) is -3.52. The third-order valence-electron chi connectivity index (χ3n) is 4.65. The van der Waals surface area contributed by atoms with E-state index in [9.17, 15) is 26.4 Å². The number of carbonyl (C=O) groups excluding carboxylic acids is 1. The number of rotatable bonds is 7. The fraction of sp³-hybridized carbons (Fsp3) is 0.611. The van der Waals surface area contributed by atoms with Crippen LogP contribution >= 0.6 is 0 Å². The van der Waals surface area contributed by atoms with Crippen molar-refractivity contribution >= 4 is 16.1 Å². The zero-order chi connectivity index (χ0) is 20.8. The summed E-state index contributed by atoms with van der Waals surface area (Å²) in [5.41, 5.74) is 0.665. The minimum Gasteiger partial charge on any atom is -0.334 e. The van der Waals surface area contributed by atoms with Gasteiger partial charge in [-0.3, -0.25) is 0 Å². The maximum absolute atomic E-state index is 12.6. The van der Waals surface area contributed by atoms with Crippen molar-refractivity contribution in [1.82, 2.24) is 14.5 Å². The first kappa shape index (κ1) is 22.5. The van der Waals surface area contributed by atoms with Gasteiger partial charge in [0.15, 0.2) is 0 Å². The van der Waals surface area contributed by atoms with Crippen molar-refractivity contribution in [3.05, 3.63) is 29.8 Å². The molecule has 0 aromatic heterocycles. The molecule has 1 heterocycles. The molecule has 28 heavy (non-hydrogen) atoms. The van der Waals surface area contributed by atoms with Gasteiger partial charge in [-0.2, -0.15) is 17.5 Å². The van der Waals surface area contributed by atoms with E-state index < -0.39 is 35.2 Å². The topological polar surface area (TPSA) is 69.7 Å². The Labute approximate surface area is 163 Å². The maximum atomic E-state index is 12.6. The number of nitrogens with zero attached hydrogens (tertiary/aromatic N) is 2. The molecule has 0 bridgehead atoms. The van der Waals surface area contributed by atoms with E-state index in [2.05, 4.69) is 5.32 Å². The number of hydrogen-bond donors (Lipinski definition) is 1. The molecule has 0 radical (unpaired) electrons. The average molecular weight is 421 g/mol. The van der Waals surface area contributed by atoms with Crippen LogP contribution < -0.4 is 5.32 Å². The highest BCUT2D eigenvalue weighted by molar-refractivity contribution is 7.89. The van der Waals surface area contributed by atoms with Gasteiger partial charge >= 0.3 is 12.2 Å². The van der Waals surface area contributed by atoms with Crippen LogP contribution in [-0.2, 0) is 16.6 Å². The molecule has 2 rings (SSSR count). The molecule has 1 aliphatic rings. The Kier molecular flexibility index (Phi) is 7.70. The SMILES string of the molecule is CCN(CCC(F)(F)F)C(=O)NCc1ccc(S(=O)(=O)N2CCCCC2)cc1. The van der Waals surface area contributed by atoms with Crippen molar-refractivity contribution in [3.63, 3.8) is 0 Å². The summed E-state index contributed by atoms with van der Waals surface area (Å²) in [6.07, 6.45) is -2.64. The fourth-order valence-corrected chi connectivity index (χ4v) is 4.51. The normalized spacial score (nSPS) is 16.0. The average Bonchev–Trinajstić information content (AvgIpc) is 2.67. The summed E-state index contributed by atoms with van der Waals surface area (Å²) < 4.78 is 63.7. The number of alkyl halides is 3. The van der Waals surface area contributed by atoms with Crippen molar-refractivity contribution in [3.8, 4) is 0 Å². The highest BCUT2D eigenvalue weighted by Gasteiger charge is 2.29. The lowest BCUT2D eigenvalue weighted by molar-refractivity contribution is -0.136. The lowest BCUT2D eigenvalue weighted by Gasteiger charge is -2.26. The molecule has 0 aliphatic carbocycles. The van der Waals surface area contributed by atoms with Gasteiger partial charge in [0.2, 0.25) is 10.0 Å². The monoisotopic (exact) mass is 421 g/mol. The van der Waals surface area contributed by atoms with Crippen molar-refractivity contribution in [2.75, 3.05) is 26.2 Å². The molecule has 0 unspecified atom stereocenters. The van der Waals surface area contributed by atoms with Crippen LogP contribution in [0.3, 0.4) is 0 Å². The molecule has 1 aromatic carbocycles. The number of urea groups is 1. The molecule has 0 saturated carbocycles. The number of amides is 2. The summed E-state index contributed by atoms with van der Waals surface area (Å²) in [6.45, 7) is 2.51. The summed E-state index contributed by atoms with van der Waals surface area (Å²) in [6, 6.07) is 5.60. The van der Waals surface area contributed by atoms with Gasteiger partial charge in [0.25, 0.3) is 0 Å². The molecular weight excluding hydrogens is 395 g/mol. The van der Waals surface area contributed by atoms with Gasteiger partial charge in [-0.1, -0.05) is 18.6 Å². The van der Waals surface area contributed by atoms with Crippen LogP contribution in [0.2, 0.25) is 0 Å². The molecule has 10 heteroatoms. The summed E-state index contributed by atoms with van der Waals surface area (Å²) >= 11 is 0. The van der Waals surface area contributed by atoms with Crippen LogP contribution in [0.15, 0.2) is 29.2 Å². The van der Waals surface area contributed by atoms with E-state index in [-0.39, 0.29) is 18.0 Å². The number of sulfonamides is 1. The van der Waals surface area contributed by atoms with E-state index >= 15 is 0 Å². The van der Waals surface area contributed by atoms with Crippen LogP contribution in [0.25, 0.3) is 0 Å². The zero-order valence-corrected chi connectivity index (χ0v) is 16.7. The van der Waals surface area contributed by atoms with Gasteiger partial charge in [0, 0.05) is 32.7 Å². The highest BCUT2D eigenvalue weighted by Crippen LogP contribution is 2.21. The van der Waals surface area contributed by atoms with Crippen molar-refractivity contribution in [2.24, 2.45) is 0 Å². The summed E-state index contributed by atoms with van der Waals surface area (Å²) in [5, 5.41) is 2.57. The highest BCUT2D eigenvalue weighted by atomic mass is 32.2. The molecule has 1 fully saturated rings. The Morgan fingerprint density at radius 2 is 1.75 bits per heavy atom. The molecule has 1 N–H and O–H groups in total. The van der Waals surface area contributed by atoms with Crippen LogP contribution in [0.4, 0.5) is 18.0 Å². The lowest BCUT2D eigenvalue weighted by atomic mass is 10.2. The number of nitrogens with one attached hydrogen (secondary N) is 1. The first-order valence-corrected chi connectivity index (χ1v) is 10.8. The second-order valence-corrected chi connectivity index (χ2v) is 8.65. The first-order chi connectivity index (χ1) is 13.1. The van der Waals surface area contributed by atoms with Gasteiger partial charge in [-0.15, -0.1) is 0 Å². The number of benzene rings is 1. The Bertz CT molecular complexity index is 746. The van der Waals surface area contributed by atoms with Crippen LogP contribution in [0, 0.1) is 0 Å². The van der Waals surface area contributed by atoms with Crippen LogP contribution in [0.1, 0.15) is 38.2 Å². The predicted octanol–water partition coefficient (Wildman–Crippen LogP) is 3.35. The molecule has 6 nitrogen and oxygen atoms in total. The first-order valence-electron chi connectivity index (χ1n) is 9.32. The maximum Gasteiger partial charge on any atom is 0.390 e. The molecule has 158 valence electrons. The molecule has 1 aliphatic heterocycles. The molecule has 1 aromatic rings. The van der Waals surface area contributed by atoms with Gasteiger partial charge in [-0.05, 0) is 37.5 Å². The number of halogens is 3. The molecule has 1 saturated heterocycles. The van der Waals surface area contributed by atoms with Gasteiger partial charge < -0.3 is 10.2 Å². The minimum absolute atomic E-state index is 0.103. The quantitative estimate of drug-likeness (QED) is 0.734. The van der Waals surface area contributed by atoms with E-state index in [0.717, 1.165) is 24.2 Å². The Morgan fingerprint density at radius 1 is 1.14 bits per heavy atom. The van der Waals surface area contributed by atoms with E-state index in [4.69, 9.17) is 0 Å². The molecule has 2 amide bonds. The lowest BCUT2D eigenvalue weighted by Crippen LogP contribution is -2.41. The predicted molar refractivity (Wildman–Crippen MR) is 99.2 cm³/mol. The van der Waals surface area contributed by atoms with E-state index in [1.807, 2.05) is 0 Å². The number of piperidine rings is 1. The second-order valence-electron chi connectivity index (χ2n) is 6.71. The Morgan fingerprint density at radius 3 is 2.29 bits per heavy atom. The fourth-order valence-electron chi connectivity index (χ4n) is 2.99. The van der Waals surface area contributed by atoms with Gasteiger partial charge in [0.1, 0.15) is 0 Å². The van der Waals surface area contributed by atoms with Gasteiger partial charge in [0.05, 0.1) is 11.3 Å². The molecule has 0 spiro atoms. The Balaban J connectivity index is 1.92. The summed E-state index contributed by atoms with van der Waals surface area (Å²) in [5.74, 6) is 0. The largest absolute Gasteiger partial charge is 0.390 e. The second kappa shape index (κ2) is 9.60. The van der Waals surface area contributed by atoms with E-state index in [1.54, 1.807) is 19.1 Å². The van der Waals surface area contributed by atoms with Crippen molar-refractivity contribution < 1.29 is 26.4 Å². The van der Waals surface area contributed by atoms with Crippen molar-refractivity contribution in [1.29, 1.82) is 0 Å². The van der Waals surface area contributed by atoms with E-state index in [0.29, 0.717) is 18.7 Å². The Hall–Kier alpha value is -1.81. The number of carbonyl (C=O) groups is 1. The number of hydrogen-bond acceptors (Lipinski definition) is 3. The van der Waals surface area contributed by atoms with Crippen LogP contribution in [-0.4, -0.2) is 56.0 Å².